The summed E-state index contributed by atoms with van der Waals surface area (Å²) in [6.07, 6.45) is 3.46. The van der Waals surface area contributed by atoms with Gasteiger partial charge in [0.15, 0.2) is 0 Å². The number of carboxylic acid groups (broad SMARTS) is 1. The maximum absolute atomic E-state index is 12.8. The molecule has 0 spiro atoms. The number of nitrogens with two attached hydrogens (primary N) is 1. The zero-order valence-corrected chi connectivity index (χ0v) is 18.8. The van der Waals surface area contributed by atoms with Gasteiger partial charge in [-0.25, -0.2) is 4.79 Å². The van der Waals surface area contributed by atoms with Crippen LogP contribution in [0.3, 0.4) is 0 Å². The van der Waals surface area contributed by atoms with Crippen molar-refractivity contribution in [3.8, 4) is 0 Å². The third kappa shape index (κ3) is 9.49. The highest BCUT2D eigenvalue weighted by Crippen LogP contribution is 2.13. The topological polar surface area (TPSA) is 151 Å². The van der Waals surface area contributed by atoms with Gasteiger partial charge in [0.05, 0.1) is 6.54 Å². The number of carbonyl (C=O) groups excluding carboxylic acids is 3. The summed E-state index contributed by atoms with van der Waals surface area (Å²) >= 11 is 1.53. The first kappa shape index (κ1) is 27.2. The number of hydrogen-bond donors (Lipinski definition) is 5. The molecule has 0 aliphatic heterocycles. The van der Waals surface area contributed by atoms with Gasteiger partial charge in [-0.05, 0) is 30.3 Å². The van der Waals surface area contributed by atoms with Crippen LogP contribution >= 0.6 is 11.8 Å². The number of nitrogens with one attached hydrogen (secondary N) is 3. The van der Waals surface area contributed by atoms with Crippen LogP contribution in [0.2, 0.25) is 0 Å². The van der Waals surface area contributed by atoms with Crippen LogP contribution in [0.25, 0.3) is 0 Å². The van der Waals surface area contributed by atoms with Crippen molar-refractivity contribution in [2.24, 2.45) is 17.6 Å². The van der Waals surface area contributed by atoms with Crippen molar-refractivity contribution in [2.45, 2.75) is 65.1 Å². The monoisotopic (exact) mass is 432 g/mol. The number of carbonyl (C=O) groups is 4. The van der Waals surface area contributed by atoms with Gasteiger partial charge in [-0.2, -0.15) is 11.8 Å². The lowest BCUT2D eigenvalue weighted by Gasteiger charge is -2.29. The van der Waals surface area contributed by atoms with E-state index in [2.05, 4.69) is 16.0 Å². The van der Waals surface area contributed by atoms with E-state index in [4.69, 9.17) is 5.73 Å². The molecular weight excluding hydrogens is 396 g/mol. The van der Waals surface area contributed by atoms with Crippen LogP contribution in [0.5, 0.6) is 0 Å². The second-order valence-electron chi connectivity index (χ2n) is 7.19. The zero-order valence-electron chi connectivity index (χ0n) is 18.0. The standard InChI is InChI=1S/C19H36N4O5S/c1-6-11(3)15(18(26)23-16(19(27)28)12(4)7-2)22-17(25)13(8-9-29-5)21-14(24)10-20/h11-13,15-16H,6-10,20H2,1-5H3,(H,21,24)(H,22,25)(H,23,26)(H,27,28). The molecular formula is C19H36N4O5S. The predicted octanol–water partition coefficient (Wildman–Crippen LogP) is 0.329. The lowest BCUT2D eigenvalue weighted by Crippen LogP contribution is -2.58. The van der Waals surface area contributed by atoms with Gasteiger partial charge in [-0.15, -0.1) is 0 Å². The fraction of sp³-hybridized carbons (Fsp3) is 0.789. The molecule has 0 aromatic heterocycles. The largest absolute Gasteiger partial charge is 0.480 e. The molecule has 5 unspecified atom stereocenters. The van der Waals surface area contributed by atoms with E-state index >= 15 is 0 Å². The summed E-state index contributed by atoms with van der Waals surface area (Å²) < 4.78 is 0. The fourth-order valence-electron chi connectivity index (χ4n) is 2.64. The molecule has 6 N–H and O–H groups in total. The Morgan fingerprint density at radius 1 is 0.931 bits per heavy atom. The smallest absolute Gasteiger partial charge is 0.326 e. The van der Waals surface area contributed by atoms with Gasteiger partial charge in [-0.3, -0.25) is 14.4 Å². The van der Waals surface area contributed by atoms with E-state index in [1.54, 1.807) is 13.8 Å². The van der Waals surface area contributed by atoms with Crippen molar-refractivity contribution in [1.82, 2.24) is 16.0 Å². The summed E-state index contributed by atoms with van der Waals surface area (Å²) in [6.45, 7) is 7.03. The lowest BCUT2D eigenvalue weighted by atomic mass is 9.95. The van der Waals surface area contributed by atoms with Gasteiger partial charge >= 0.3 is 5.97 Å². The quantitative estimate of drug-likeness (QED) is 0.265. The first-order valence-electron chi connectivity index (χ1n) is 9.94. The molecule has 29 heavy (non-hydrogen) atoms. The van der Waals surface area contributed by atoms with Crippen LogP contribution in [-0.2, 0) is 19.2 Å². The summed E-state index contributed by atoms with van der Waals surface area (Å²) in [5.74, 6) is -2.46. The fourth-order valence-corrected chi connectivity index (χ4v) is 3.11. The van der Waals surface area contributed by atoms with Crippen LogP contribution in [0, 0.1) is 11.8 Å². The van der Waals surface area contributed by atoms with Crippen LogP contribution in [-0.4, -0.2) is 65.5 Å². The molecule has 0 rings (SSSR count). The average Bonchev–Trinajstić information content (AvgIpc) is 2.70. The zero-order chi connectivity index (χ0) is 22.6. The average molecular weight is 433 g/mol. The number of hydrogen-bond acceptors (Lipinski definition) is 6. The molecule has 0 fully saturated rings. The van der Waals surface area contributed by atoms with Gasteiger partial charge in [0.25, 0.3) is 0 Å². The third-order valence-corrected chi connectivity index (χ3v) is 5.66. The van der Waals surface area contributed by atoms with Crippen molar-refractivity contribution < 1.29 is 24.3 Å². The number of thioether (sulfide) groups is 1. The van der Waals surface area contributed by atoms with Crippen LogP contribution in [0.4, 0.5) is 0 Å². The van der Waals surface area contributed by atoms with Gasteiger partial charge in [0.1, 0.15) is 18.1 Å². The minimum absolute atomic E-state index is 0.225. The summed E-state index contributed by atoms with van der Waals surface area (Å²) in [5.41, 5.74) is 5.32. The highest BCUT2D eigenvalue weighted by Gasteiger charge is 2.33. The SMILES string of the molecule is CCC(C)C(NC(=O)C(NC(=O)C(CCSC)NC(=O)CN)C(C)CC)C(=O)O. The van der Waals surface area contributed by atoms with Crippen molar-refractivity contribution in [3.05, 3.63) is 0 Å². The molecule has 0 aliphatic carbocycles. The lowest BCUT2D eigenvalue weighted by molar-refractivity contribution is -0.144. The van der Waals surface area contributed by atoms with Gasteiger partial charge < -0.3 is 26.8 Å². The number of carboxylic acids is 1. The Morgan fingerprint density at radius 2 is 1.45 bits per heavy atom. The Morgan fingerprint density at radius 3 is 1.90 bits per heavy atom. The number of aliphatic carboxylic acids is 1. The van der Waals surface area contributed by atoms with Crippen molar-refractivity contribution in [2.75, 3.05) is 18.6 Å². The Kier molecular flexibility index (Phi) is 13.3. The highest BCUT2D eigenvalue weighted by atomic mass is 32.2. The molecule has 10 heteroatoms. The van der Waals surface area contributed by atoms with Crippen molar-refractivity contribution in [1.29, 1.82) is 0 Å². The molecule has 0 saturated carbocycles. The number of rotatable bonds is 14. The minimum Gasteiger partial charge on any atom is -0.480 e. The Bertz CT molecular complexity index is 561. The minimum atomic E-state index is -1.12. The van der Waals surface area contributed by atoms with Crippen LogP contribution < -0.4 is 21.7 Å². The molecule has 5 atom stereocenters. The van der Waals surface area contributed by atoms with E-state index in [0.717, 1.165) is 0 Å². The molecule has 0 aromatic rings. The van der Waals surface area contributed by atoms with Crippen molar-refractivity contribution >= 4 is 35.5 Å². The van der Waals surface area contributed by atoms with Gasteiger partial charge in [0, 0.05) is 0 Å². The Hall–Kier alpha value is -1.81. The van der Waals surface area contributed by atoms with E-state index in [9.17, 15) is 24.3 Å². The molecule has 0 saturated heterocycles. The second kappa shape index (κ2) is 14.2. The molecule has 9 nitrogen and oxygen atoms in total. The van der Waals surface area contributed by atoms with Crippen LogP contribution in [0.15, 0.2) is 0 Å². The van der Waals surface area contributed by atoms with E-state index < -0.39 is 41.8 Å². The maximum atomic E-state index is 12.8. The molecule has 0 radical (unpaired) electrons. The molecule has 3 amide bonds. The molecule has 0 bridgehead atoms. The highest BCUT2D eigenvalue weighted by molar-refractivity contribution is 7.98. The van der Waals surface area contributed by atoms with Gasteiger partial charge in [0.2, 0.25) is 17.7 Å². The first-order chi connectivity index (χ1) is 13.6. The molecule has 0 aromatic carbocycles. The van der Waals surface area contributed by atoms with Crippen LogP contribution in [0.1, 0.15) is 47.0 Å². The third-order valence-electron chi connectivity index (χ3n) is 5.02. The Labute approximate surface area is 177 Å². The summed E-state index contributed by atoms with van der Waals surface area (Å²) in [4.78, 5) is 48.8. The normalized spacial score (nSPS) is 16.1. The van der Waals surface area contributed by atoms with E-state index in [-0.39, 0.29) is 18.4 Å². The van der Waals surface area contributed by atoms with E-state index in [1.807, 2.05) is 20.1 Å². The first-order valence-corrected chi connectivity index (χ1v) is 11.3. The second-order valence-corrected chi connectivity index (χ2v) is 8.17. The van der Waals surface area contributed by atoms with Gasteiger partial charge in [-0.1, -0.05) is 40.5 Å². The predicted molar refractivity (Wildman–Crippen MR) is 114 cm³/mol. The maximum Gasteiger partial charge on any atom is 0.326 e. The van der Waals surface area contributed by atoms with E-state index in [1.165, 1.54) is 11.8 Å². The summed E-state index contributed by atoms with van der Waals surface area (Å²) in [6, 6.07) is -2.77. The Balaban J connectivity index is 5.42. The van der Waals surface area contributed by atoms with E-state index in [0.29, 0.717) is 25.0 Å². The summed E-state index contributed by atoms with van der Waals surface area (Å²) in [5, 5.41) is 17.3. The number of amides is 3. The molecule has 168 valence electrons. The molecule has 0 aliphatic rings. The molecule has 0 heterocycles. The van der Waals surface area contributed by atoms with Crippen molar-refractivity contribution in [3.63, 3.8) is 0 Å². The summed E-state index contributed by atoms with van der Waals surface area (Å²) in [7, 11) is 0.